The Morgan fingerprint density at radius 2 is 1.67 bits per heavy atom. The zero-order chi connectivity index (χ0) is 15.2. The van der Waals surface area contributed by atoms with Gasteiger partial charge in [0.05, 0.1) is 7.11 Å². The molecular formula is C19H25NO. The van der Waals surface area contributed by atoms with E-state index >= 15 is 0 Å². The molecule has 2 atom stereocenters. The molecule has 0 heterocycles. The van der Waals surface area contributed by atoms with Gasteiger partial charge in [0, 0.05) is 12.1 Å². The summed E-state index contributed by atoms with van der Waals surface area (Å²) in [5.41, 5.74) is 4.04. The van der Waals surface area contributed by atoms with Gasteiger partial charge in [0.25, 0.3) is 0 Å². The zero-order valence-electron chi connectivity index (χ0n) is 13.4. The van der Waals surface area contributed by atoms with Crippen LogP contribution in [0, 0.1) is 6.92 Å². The summed E-state index contributed by atoms with van der Waals surface area (Å²) < 4.78 is 5.19. The molecule has 2 rings (SSSR count). The molecule has 0 amide bonds. The molecule has 21 heavy (non-hydrogen) atoms. The Bertz CT molecular complexity index is 562. The highest BCUT2D eigenvalue weighted by atomic mass is 16.5. The van der Waals surface area contributed by atoms with E-state index in [0.29, 0.717) is 12.1 Å². The van der Waals surface area contributed by atoms with E-state index in [1.54, 1.807) is 7.11 Å². The molecule has 0 aliphatic rings. The summed E-state index contributed by atoms with van der Waals surface area (Å²) in [5, 5.41) is 3.68. The first kappa shape index (κ1) is 15.6. The summed E-state index contributed by atoms with van der Waals surface area (Å²) in [6.45, 7) is 6.63. The van der Waals surface area contributed by atoms with Crippen molar-refractivity contribution in [2.24, 2.45) is 0 Å². The smallest absolute Gasteiger partial charge is 0.118 e. The average Bonchev–Trinajstić information content (AvgIpc) is 2.48. The van der Waals surface area contributed by atoms with Crippen LogP contribution in [0.3, 0.4) is 0 Å². The Kier molecular flexibility index (Phi) is 5.40. The van der Waals surface area contributed by atoms with Crippen molar-refractivity contribution in [3.63, 3.8) is 0 Å². The molecule has 0 radical (unpaired) electrons. The second-order valence-electron chi connectivity index (χ2n) is 5.70. The lowest BCUT2D eigenvalue weighted by Crippen LogP contribution is -2.31. The summed E-state index contributed by atoms with van der Waals surface area (Å²) in [7, 11) is 1.70. The highest BCUT2D eigenvalue weighted by Crippen LogP contribution is 2.18. The summed E-state index contributed by atoms with van der Waals surface area (Å²) >= 11 is 0. The molecule has 2 aromatic carbocycles. The van der Waals surface area contributed by atoms with Gasteiger partial charge in [-0.15, -0.1) is 0 Å². The Hall–Kier alpha value is -1.80. The number of ether oxygens (including phenoxy) is 1. The van der Waals surface area contributed by atoms with Gasteiger partial charge in [0.2, 0.25) is 0 Å². The minimum Gasteiger partial charge on any atom is -0.497 e. The van der Waals surface area contributed by atoms with Crippen molar-refractivity contribution in [1.82, 2.24) is 5.32 Å². The maximum absolute atomic E-state index is 5.19. The second-order valence-corrected chi connectivity index (χ2v) is 5.70. The van der Waals surface area contributed by atoms with Crippen molar-refractivity contribution < 1.29 is 4.74 Å². The van der Waals surface area contributed by atoms with Gasteiger partial charge in [-0.1, -0.05) is 36.4 Å². The number of aryl methyl sites for hydroxylation is 1. The summed E-state index contributed by atoms with van der Waals surface area (Å²) in [4.78, 5) is 0. The molecule has 0 saturated heterocycles. The Balaban J connectivity index is 1.94. The second kappa shape index (κ2) is 7.28. The molecular weight excluding hydrogens is 258 g/mol. The van der Waals surface area contributed by atoms with Crippen LogP contribution in [0.5, 0.6) is 5.75 Å². The van der Waals surface area contributed by atoms with Gasteiger partial charge in [-0.3, -0.25) is 0 Å². The minimum atomic E-state index is 0.361. The first-order chi connectivity index (χ1) is 10.1. The van der Waals surface area contributed by atoms with E-state index in [0.717, 1.165) is 12.2 Å². The van der Waals surface area contributed by atoms with Crippen molar-refractivity contribution in [3.05, 3.63) is 65.2 Å². The van der Waals surface area contributed by atoms with E-state index in [1.165, 1.54) is 16.7 Å². The topological polar surface area (TPSA) is 21.3 Å². The maximum Gasteiger partial charge on any atom is 0.118 e. The van der Waals surface area contributed by atoms with Crippen molar-refractivity contribution in [1.29, 1.82) is 0 Å². The standard InChI is InChI=1S/C19H25NO/c1-14-7-5-6-8-19(14)16(3)20-15(2)13-17-9-11-18(21-4)12-10-17/h5-12,15-16,20H,13H2,1-4H3/t15?,16-/m0/s1. The minimum absolute atomic E-state index is 0.361. The molecule has 0 saturated carbocycles. The highest BCUT2D eigenvalue weighted by molar-refractivity contribution is 5.29. The summed E-state index contributed by atoms with van der Waals surface area (Å²) in [6.07, 6.45) is 1.01. The Morgan fingerprint density at radius 1 is 1.00 bits per heavy atom. The van der Waals surface area contributed by atoms with Crippen molar-refractivity contribution >= 4 is 0 Å². The SMILES string of the molecule is COc1ccc(CC(C)N[C@@H](C)c2ccccc2C)cc1. The lowest BCUT2D eigenvalue weighted by Gasteiger charge is -2.22. The van der Waals surface area contributed by atoms with Crippen LogP contribution in [0.2, 0.25) is 0 Å². The molecule has 2 aromatic rings. The normalized spacial score (nSPS) is 13.7. The Morgan fingerprint density at radius 3 is 2.29 bits per heavy atom. The van der Waals surface area contributed by atoms with Crippen LogP contribution in [0.4, 0.5) is 0 Å². The van der Waals surface area contributed by atoms with E-state index in [2.05, 4.69) is 62.5 Å². The van der Waals surface area contributed by atoms with Crippen LogP contribution < -0.4 is 10.1 Å². The number of rotatable bonds is 6. The zero-order valence-corrected chi connectivity index (χ0v) is 13.4. The number of hydrogen-bond acceptors (Lipinski definition) is 2. The number of methoxy groups -OCH3 is 1. The third kappa shape index (κ3) is 4.33. The average molecular weight is 283 g/mol. The number of hydrogen-bond donors (Lipinski definition) is 1. The number of benzene rings is 2. The van der Waals surface area contributed by atoms with Gasteiger partial charge in [-0.25, -0.2) is 0 Å². The molecule has 0 spiro atoms. The van der Waals surface area contributed by atoms with Crippen LogP contribution >= 0.6 is 0 Å². The predicted molar refractivity (Wildman–Crippen MR) is 88.9 cm³/mol. The third-order valence-electron chi connectivity index (χ3n) is 3.89. The molecule has 112 valence electrons. The quantitative estimate of drug-likeness (QED) is 0.854. The monoisotopic (exact) mass is 283 g/mol. The number of nitrogens with one attached hydrogen (secondary N) is 1. The maximum atomic E-state index is 5.19. The van der Waals surface area contributed by atoms with Crippen molar-refractivity contribution in [2.45, 2.75) is 39.3 Å². The van der Waals surface area contributed by atoms with E-state index in [-0.39, 0.29) is 0 Å². The van der Waals surface area contributed by atoms with Crippen molar-refractivity contribution in [2.75, 3.05) is 7.11 Å². The molecule has 0 aliphatic carbocycles. The molecule has 0 aromatic heterocycles. The van der Waals surface area contributed by atoms with Crippen LogP contribution in [0.1, 0.15) is 36.6 Å². The van der Waals surface area contributed by atoms with E-state index < -0.39 is 0 Å². The van der Waals surface area contributed by atoms with Gasteiger partial charge in [-0.05, 0) is 56.0 Å². The fourth-order valence-corrected chi connectivity index (χ4v) is 2.76. The van der Waals surface area contributed by atoms with Crippen LogP contribution in [0.15, 0.2) is 48.5 Å². The van der Waals surface area contributed by atoms with Gasteiger partial charge >= 0.3 is 0 Å². The van der Waals surface area contributed by atoms with Gasteiger partial charge in [0.15, 0.2) is 0 Å². The van der Waals surface area contributed by atoms with Gasteiger partial charge in [-0.2, -0.15) is 0 Å². The molecule has 0 bridgehead atoms. The van der Waals surface area contributed by atoms with E-state index in [4.69, 9.17) is 4.74 Å². The fourth-order valence-electron chi connectivity index (χ4n) is 2.76. The molecule has 2 nitrogen and oxygen atoms in total. The summed E-state index contributed by atoms with van der Waals surface area (Å²) in [6, 6.07) is 17.7. The van der Waals surface area contributed by atoms with Gasteiger partial charge in [0.1, 0.15) is 5.75 Å². The summed E-state index contributed by atoms with van der Waals surface area (Å²) in [5.74, 6) is 0.910. The molecule has 1 unspecified atom stereocenters. The predicted octanol–water partition coefficient (Wildman–Crippen LogP) is 4.29. The van der Waals surface area contributed by atoms with E-state index in [1.807, 2.05) is 12.1 Å². The van der Waals surface area contributed by atoms with Gasteiger partial charge < -0.3 is 10.1 Å². The van der Waals surface area contributed by atoms with E-state index in [9.17, 15) is 0 Å². The van der Waals surface area contributed by atoms with Crippen molar-refractivity contribution in [3.8, 4) is 5.75 Å². The van der Waals surface area contributed by atoms with Crippen LogP contribution in [-0.4, -0.2) is 13.2 Å². The largest absolute Gasteiger partial charge is 0.497 e. The highest BCUT2D eigenvalue weighted by Gasteiger charge is 2.11. The lowest BCUT2D eigenvalue weighted by atomic mass is 10.0. The van der Waals surface area contributed by atoms with Crippen LogP contribution in [-0.2, 0) is 6.42 Å². The third-order valence-corrected chi connectivity index (χ3v) is 3.89. The molecule has 0 fully saturated rings. The van der Waals surface area contributed by atoms with Crippen LogP contribution in [0.25, 0.3) is 0 Å². The molecule has 1 N–H and O–H groups in total. The first-order valence-electron chi connectivity index (χ1n) is 7.54. The molecule has 2 heteroatoms. The Labute approximate surface area is 128 Å². The first-order valence-corrected chi connectivity index (χ1v) is 7.54. The molecule has 0 aliphatic heterocycles. The lowest BCUT2D eigenvalue weighted by molar-refractivity contribution is 0.414. The fraction of sp³-hybridized carbons (Fsp3) is 0.368.